The van der Waals surface area contributed by atoms with Gasteiger partial charge in [-0.1, -0.05) is 32.1 Å². The smallest absolute Gasteiger partial charge is 0.142 e. The first-order valence-corrected chi connectivity index (χ1v) is 4.75. The van der Waals surface area contributed by atoms with Gasteiger partial charge in [-0.25, -0.2) is 0 Å². The molecule has 1 rings (SSSR count). The van der Waals surface area contributed by atoms with Gasteiger partial charge in [0.1, 0.15) is 5.01 Å². The van der Waals surface area contributed by atoms with Crippen molar-refractivity contribution in [2.24, 2.45) is 0 Å². The maximum Gasteiger partial charge on any atom is 0.207 e. The van der Waals surface area contributed by atoms with Crippen LogP contribution in [0.1, 0.15) is 32.2 Å². The molecular weight excluding hydrogens is 180 g/mol. The SMILES string of the molecule is CCC(C)(C)c1nnc(Cl)s1. The minimum Gasteiger partial charge on any atom is -0.142 e. The summed E-state index contributed by atoms with van der Waals surface area (Å²) in [4.78, 5) is 0. The standard InChI is InChI=1S/C7H11ClN2S/c1-4-7(2,3)5-9-10-6(8)11-5/h4H2,1-3H3. The highest BCUT2D eigenvalue weighted by Gasteiger charge is 2.22. The van der Waals surface area contributed by atoms with Crippen LogP contribution in [0.3, 0.4) is 0 Å². The van der Waals surface area contributed by atoms with Crippen molar-refractivity contribution in [2.75, 3.05) is 0 Å². The van der Waals surface area contributed by atoms with E-state index in [0.29, 0.717) is 4.47 Å². The van der Waals surface area contributed by atoms with Crippen molar-refractivity contribution in [1.29, 1.82) is 0 Å². The summed E-state index contributed by atoms with van der Waals surface area (Å²) >= 11 is 7.13. The molecule has 62 valence electrons. The Morgan fingerprint density at radius 2 is 2.09 bits per heavy atom. The first-order valence-electron chi connectivity index (χ1n) is 3.56. The molecule has 2 nitrogen and oxygen atoms in total. The van der Waals surface area contributed by atoms with Crippen LogP contribution in [0.15, 0.2) is 0 Å². The molecule has 0 saturated heterocycles. The first-order chi connectivity index (χ1) is 5.06. The van der Waals surface area contributed by atoms with Gasteiger partial charge in [0.15, 0.2) is 0 Å². The van der Waals surface area contributed by atoms with Crippen molar-refractivity contribution >= 4 is 22.9 Å². The molecule has 0 aliphatic rings. The molecule has 0 aromatic carbocycles. The molecule has 0 amide bonds. The van der Waals surface area contributed by atoms with Gasteiger partial charge >= 0.3 is 0 Å². The molecule has 1 aromatic heterocycles. The minimum atomic E-state index is 0.116. The Labute approximate surface area is 75.6 Å². The van der Waals surface area contributed by atoms with Crippen LogP contribution in [0, 0.1) is 0 Å². The highest BCUT2D eigenvalue weighted by Crippen LogP contribution is 2.30. The molecule has 0 aliphatic carbocycles. The predicted octanol–water partition coefficient (Wildman–Crippen LogP) is 2.88. The highest BCUT2D eigenvalue weighted by atomic mass is 35.5. The van der Waals surface area contributed by atoms with Crippen molar-refractivity contribution < 1.29 is 0 Å². The summed E-state index contributed by atoms with van der Waals surface area (Å²) in [5.74, 6) is 0. The third kappa shape index (κ3) is 1.91. The first kappa shape index (κ1) is 8.94. The molecule has 0 N–H and O–H groups in total. The van der Waals surface area contributed by atoms with Crippen LogP contribution in [0.4, 0.5) is 0 Å². The second kappa shape index (κ2) is 3.07. The second-order valence-electron chi connectivity index (χ2n) is 3.10. The van der Waals surface area contributed by atoms with E-state index in [4.69, 9.17) is 11.6 Å². The lowest BCUT2D eigenvalue weighted by molar-refractivity contribution is 0.498. The topological polar surface area (TPSA) is 25.8 Å². The van der Waals surface area contributed by atoms with E-state index in [1.54, 1.807) is 0 Å². The van der Waals surface area contributed by atoms with Gasteiger partial charge in [-0.05, 0) is 18.0 Å². The number of halogens is 1. The maximum atomic E-state index is 5.67. The van der Waals surface area contributed by atoms with Crippen molar-refractivity contribution in [2.45, 2.75) is 32.6 Å². The summed E-state index contributed by atoms with van der Waals surface area (Å²) in [5.41, 5.74) is 0.116. The van der Waals surface area contributed by atoms with Gasteiger partial charge in [-0.2, -0.15) is 0 Å². The fraction of sp³-hybridized carbons (Fsp3) is 0.714. The van der Waals surface area contributed by atoms with Gasteiger partial charge in [0.25, 0.3) is 0 Å². The van der Waals surface area contributed by atoms with Gasteiger partial charge in [0.05, 0.1) is 0 Å². The number of aromatic nitrogens is 2. The maximum absolute atomic E-state index is 5.67. The molecule has 11 heavy (non-hydrogen) atoms. The molecule has 0 fully saturated rings. The van der Waals surface area contributed by atoms with Crippen LogP contribution in [-0.2, 0) is 5.41 Å². The van der Waals surface area contributed by atoms with Crippen molar-refractivity contribution in [3.63, 3.8) is 0 Å². The van der Waals surface area contributed by atoms with E-state index in [-0.39, 0.29) is 5.41 Å². The summed E-state index contributed by atoms with van der Waals surface area (Å²) in [6.45, 7) is 6.42. The lowest BCUT2D eigenvalue weighted by atomic mass is 9.91. The van der Waals surface area contributed by atoms with Crippen molar-refractivity contribution in [3.05, 3.63) is 9.47 Å². The molecule has 0 unspecified atom stereocenters. The van der Waals surface area contributed by atoms with Crippen LogP contribution in [0.5, 0.6) is 0 Å². The van der Waals surface area contributed by atoms with E-state index in [9.17, 15) is 0 Å². The van der Waals surface area contributed by atoms with Gasteiger partial charge in [-0.3, -0.25) is 0 Å². The molecule has 0 radical (unpaired) electrons. The Balaban J connectivity index is 2.92. The Kier molecular flexibility index (Phi) is 2.50. The minimum absolute atomic E-state index is 0.116. The number of rotatable bonds is 2. The molecule has 0 bridgehead atoms. The molecule has 0 atom stereocenters. The van der Waals surface area contributed by atoms with Crippen LogP contribution < -0.4 is 0 Å². The Bertz CT molecular complexity index is 244. The summed E-state index contributed by atoms with van der Waals surface area (Å²) in [6.07, 6.45) is 1.05. The quantitative estimate of drug-likeness (QED) is 0.717. The Morgan fingerprint density at radius 3 is 2.45 bits per heavy atom. The zero-order chi connectivity index (χ0) is 8.48. The van der Waals surface area contributed by atoms with E-state index in [1.807, 2.05) is 0 Å². The molecule has 4 heteroatoms. The fourth-order valence-corrected chi connectivity index (χ4v) is 1.63. The van der Waals surface area contributed by atoms with Gasteiger partial charge < -0.3 is 0 Å². The van der Waals surface area contributed by atoms with Gasteiger partial charge in [0, 0.05) is 5.41 Å². The zero-order valence-electron chi connectivity index (χ0n) is 6.89. The molecule has 1 aromatic rings. The lowest BCUT2D eigenvalue weighted by Crippen LogP contribution is -2.14. The summed E-state index contributed by atoms with van der Waals surface area (Å²) < 4.78 is 0.529. The normalized spacial score (nSPS) is 12.0. The average molecular weight is 191 g/mol. The Hall–Kier alpha value is -0.150. The van der Waals surface area contributed by atoms with E-state index in [2.05, 4.69) is 31.0 Å². The van der Waals surface area contributed by atoms with Crippen molar-refractivity contribution in [1.82, 2.24) is 10.2 Å². The summed E-state index contributed by atoms with van der Waals surface area (Å²) in [6, 6.07) is 0. The third-order valence-electron chi connectivity index (χ3n) is 1.86. The lowest BCUT2D eigenvalue weighted by Gasteiger charge is -2.17. The fourth-order valence-electron chi connectivity index (χ4n) is 0.630. The molecular formula is C7H11ClN2S. The second-order valence-corrected chi connectivity index (χ2v) is 4.66. The summed E-state index contributed by atoms with van der Waals surface area (Å²) in [7, 11) is 0. The van der Waals surface area contributed by atoms with Crippen LogP contribution >= 0.6 is 22.9 Å². The predicted molar refractivity (Wildman–Crippen MR) is 48.2 cm³/mol. The number of nitrogens with zero attached hydrogens (tertiary/aromatic N) is 2. The van der Waals surface area contributed by atoms with E-state index >= 15 is 0 Å². The molecule has 0 aliphatic heterocycles. The van der Waals surface area contributed by atoms with E-state index in [1.165, 1.54) is 11.3 Å². The summed E-state index contributed by atoms with van der Waals surface area (Å²) in [5, 5.41) is 8.78. The number of hydrogen-bond donors (Lipinski definition) is 0. The largest absolute Gasteiger partial charge is 0.207 e. The van der Waals surface area contributed by atoms with E-state index in [0.717, 1.165) is 11.4 Å². The van der Waals surface area contributed by atoms with Gasteiger partial charge in [0.2, 0.25) is 4.47 Å². The number of hydrogen-bond acceptors (Lipinski definition) is 3. The third-order valence-corrected chi connectivity index (χ3v) is 3.25. The van der Waals surface area contributed by atoms with E-state index < -0.39 is 0 Å². The molecule has 0 saturated carbocycles. The van der Waals surface area contributed by atoms with Crippen LogP contribution in [-0.4, -0.2) is 10.2 Å². The van der Waals surface area contributed by atoms with Crippen LogP contribution in [0.25, 0.3) is 0 Å². The Morgan fingerprint density at radius 1 is 1.45 bits per heavy atom. The molecule has 0 spiro atoms. The zero-order valence-corrected chi connectivity index (χ0v) is 8.46. The molecule has 1 heterocycles. The van der Waals surface area contributed by atoms with Crippen molar-refractivity contribution in [3.8, 4) is 0 Å². The monoisotopic (exact) mass is 190 g/mol. The highest BCUT2D eigenvalue weighted by molar-refractivity contribution is 7.15. The van der Waals surface area contributed by atoms with Crippen LogP contribution in [0.2, 0.25) is 4.47 Å². The van der Waals surface area contributed by atoms with Gasteiger partial charge in [-0.15, -0.1) is 10.2 Å². The average Bonchev–Trinajstić information content (AvgIpc) is 2.36.